The molecule has 0 aliphatic heterocycles. The van der Waals surface area contributed by atoms with Crippen molar-refractivity contribution in [2.45, 2.75) is 20.8 Å². The lowest BCUT2D eigenvalue weighted by molar-refractivity contribution is 1.22. The maximum atomic E-state index is 6.71. The van der Waals surface area contributed by atoms with Crippen molar-refractivity contribution in [3.63, 3.8) is 0 Å². The third-order valence-corrected chi connectivity index (χ3v) is 1.07. The summed E-state index contributed by atoms with van der Waals surface area (Å²) in [5, 5.41) is 6.71. The molecule has 0 atom stereocenters. The molecule has 1 aromatic heterocycles. The molecule has 0 radical (unpaired) electrons. The molecule has 0 saturated heterocycles. The first-order valence-corrected chi connectivity index (χ1v) is 4.01. The molecular formula is C9H15N3. The van der Waals surface area contributed by atoms with Gasteiger partial charge in [-0.3, -0.25) is 0 Å². The van der Waals surface area contributed by atoms with Crippen LogP contribution >= 0.6 is 0 Å². The van der Waals surface area contributed by atoms with E-state index in [0.29, 0.717) is 0 Å². The highest BCUT2D eigenvalue weighted by atomic mass is 14.9. The second-order valence-corrected chi connectivity index (χ2v) is 1.98. The molecule has 0 aliphatic rings. The summed E-state index contributed by atoms with van der Waals surface area (Å²) in [7, 11) is 0. The Hall–Kier alpha value is -1.38. The Bertz CT molecular complexity index is 248. The van der Waals surface area contributed by atoms with E-state index in [9.17, 15) is 0 Å². The second kappa shape index (κ2) is 6.34. The molecule has 2 N–H and O–H groups in total. The molecule has 3 heteroatoms. The number of hydrogen-bond acceptors (Lipinski definition) is 2. The molecular weight excluding hydrogens is 150 g/mol. The smallest absolute Gasteiger partial charge is 0.130 e. The molecule has 0 fully saturated rings. The van der Waals surface area contributed by atoms with Crippen LogP contribution in [0.15, 0.2) is 12.3 Å². The van der Waals surface area contributed by atoms with Gasteiger partial charge in [0.25, 0.3) is 0 Å². The highest BCUT2D eigenvalue weighted by Gasteiger charge is 1.88. The van der Waals surface area contributed by atoms with Crippen molar-refractivity contribution in [2.75, 3.05) is 0 Å². The summed E-state index contributed by atoms with van der Waals surface area (Å²) in [5.74, 6) is 0.793. The Labute approximate surface area is 73.1 Å². The van der Waals surface area contributed by atoms with E-state index < -0.39 is 0 Å². The number of hydrogen-bond donors (Lipinski definition) is 2. The van der Waals surface area contributed by atoms with Crippen LogP contribution < -0.4 is 0 Å². The average molecular weight is 165 g/mol. The van der Waals surface area contributed by atoms with Gasteiger partial charge in [-0.1, -0.05) is 13.8 Å². The summed E-state index contributed by atoms with van der Waals surface area (Å²) in [4.78, 5) is 7.02. The van der Waals surface area contributed by atoms with Crippen molar-refractivity contribution in [1.82, 2.24) is 9.97 Å². The molecule has 1 heterocycles. The zero-order valence-corrected chi connectivity index (χ0v) is 7.76. The lowest BCUT2D eigenvalue weighted by Gasteiger charge is -1.79. The fraction of sp³-hybridized carbons (Fsp3) is 0.333. The summed E-state index contributed by atoms with van der Waals surface area (Å²) < 4.78 is 0. The minimum atomic E-state index is 0.793. The molecule has 0 spiro atoms. The van der Waals surface area contributed by atoms with E-state index in [1.54, 1.807) is 18.3 Å². The van der Waals surface area contributed by atoms with Gasteiger partial charge in [-0.05, 0) is 19.1 Å². The summed E-state index contributed by atoms with van der Waals surface area (Å²) in [6.07, 6.45) is 6.35. The minimum Gasteiger partial charge on any atom is -0.343 e. The van der Waals surface area contributed by atoms with Gasteiger partial charge in [0.1, 0.15) is 5.82 Å². The number of aromatic amines is 1. The van der Waals surface area contributed by atoms with Crippen LogP contribution in [-0.4, -0.2) is 16.2 Å². The van der Waals surface area contributed by atoms with Crippen LogP contribution in [0.25, 0.3) is 6.08 Å². The van der Waals surface area contributed by atoms with E-state index in [1.165, 1.54) is 6.21 Å². The molecule has 0 saturated carbocycles. The van der Waals surface area contributed by atoms with Crippen LogP contribution in [0.3, 0.4) is 0 Å². The van der Waals surface area contributed by atoms with E-state index in [2.05, 4.69) is 9.97 Å². The molecule has 1 aromatic rings. The zero-order valence-electron chi connectivity index (χ0n) is 7.76. The SMILES string of the molecule is CC.Cc1cnc(/C=C\C=N)[nH]1. The van der Waals surface area contributed by atoms with Crippen LogP contribution in [0.4, 0.5) is 0 Å². The van der Waals surface area contributed by atoms with Gasteiger partial charge < -0.3 is 10.4 Å². The summed E-state index contributed by atoms with van der Waals surface area (Å²) in [5.41, 5.74) is 1.03. The predicted molar refractivity (Wildman–Crippen MR) is 52.5 cm³/mol. The fourth-order valence-corrected chi connectivity index (χ4v) is 0.657. The predicted octanol–water partition coefficient (Wildman–Crippen LogP) is 2.41. The summed E-state index contributed by atoms with van der Waals surface area (Å²) >= 11 is 0. The van der Waals surface area contributed by atoms with Crippen LogP contribution in [0.1, 0.15) is 25.4 Å². The quantitative estimate of drug-likeness (QED) is 0.649. The van der Waals surface area contributed by atoms with Gasteiger partial charge in [0.2, 0.25) is 0 Å². The number of allylic oxidation sites excluding steroid dienone is 1. The van der Waals surface area contributed by atoms with Gasteiger partial charge in [-0.25, -0.2) is 4.98 Å². The van der Waals surface area contributed by atoms with Crippen LogP contribution in [0.5, 0.6) is 0 Å². The average Bonchev–Trinajstić information content (AvgIpc) is 2.51. The first kappa shape index (κ1) is 10.6. The molecule has 12 heavy (non-hydrogen) atoms. The monoisotopic (exact) mass is 165 g/mol. The molecule has 66 valence electrons. The molecule has 0 bridgehead atoms. The molecule has 0 aromatic carbocycles. The van der Waals surface area contributed by atoms with E-state index in [4.69, 9.17) is 5.41 Å². The molecule has 3 nitrogen and oxygen atoms in total. The summed E-state index contributed by atoms with van der Waals surface area (Å²) in [6.45, 7) is 5.94. The number of nitrogens with one attached hydrogen (secondary N) is 2. The maximum absolute atomic E-state index is 6.71. The Morgan fingerprint density at radius 2 is 2.17 bits per heavy atom. The van der Waals surface area contributed by atoms with Gasteiger partial charge in [0, 0.05) is 18.1 Å². The van der Waals surface area contributed by atoms with Crippen molar-refractivity contribution < 1.29 is 0 Å². The number of imidazole rings is 1. The van der Waals surface area contributed by atoms with Gasteiger partial charge in [-0.2, -0.15) is 0 Å². The number of nitrogens with zero attached hydrogens (tertiary/aromatic N) is 1. The van der Waals surface area contributed by atoms with Crippen LogP contribution in [0.2, 0.25) is 0 Å². The Balaban J connectivity index is 0.000000561. The third-order valence-electron chi connectivity index (χ3n) is 1.07. The second-order valence-electron chi connectivity index (χ2n) is 1.98. The normalized spacial score (nSPS) is 9.25. The van der Waals surface area contributed by atoms with Crippen molar-refractivity contribution >= 4 is 12.3 Å². The highest BCUT2D eigenvalue weighted by molar-refractivity contribution is 5.74. The van der Waals surface area contributed by atoms with E-state index in [-0.39, 0.29) is 0 Å². The first-order chi connectivity index (χ1) is 5.83. The number of H-pyrrole nitrogens is 1. The van der Waals surface area contributed by atoms with Crippen molar-refractivity contribution in [1.29, 1.82) is 5.41 Å². The van der Waals surface area contributed by atoms with Gasteiger partial charge in [0.15, 0.2) is 0 Å². The lowest BCUT2D eigenvalue weighted by Crippen LogP contribution is -1.73. The first-order valence-electron chi connectivity index (χ1n) is 4.01. The third kappa shape index (κ3) is 3.71. The topological polar surface area (TPSA) is 52.5 Å². The number of rotatable bonds is 2. The molecule has 0 amide bonds. The Kier molecular flexibility index (Phi) is 5.61. The maximum Gasteiger partial charge on any atom is 0.130 e. The summed E-state index contributed by atoms with van der Waals surface area (Å²) in [6, 6.07) is 0. The van der Waals surface area contributed by atoms with E-state index in [1.807, 2.05) is 20.8 Å². The Morgan fingerprint density at radius 1 is 1.50 bits per heavy atom. The van der Waals surface area contributed by atoms with Gasteiger partial charge in [0.05, 0.1) is 0 Å². The lowest BCUT2D eigenvalue weighted by atomic mass is 10.5. The van der Waals surface area contributed by atoms with E-state index in [0.717, 1.165) is 11.5 Å². The van der Waals surface area contributed by atoms with Crippen LogP contribution in [0, 0.1) is 12.3 Å². The largest absolute Gasteiger partial charge is 0.343 e. The molecule has 1 rings (SSSR count). The standard InChI is InChI=1S/C7H9N3.C2H6/c1-6-5-9-7(10-6)3-2-4-8;1-2/h2-5,8H,1H3,(H,9,10);1-2H3/b3-2-,8-4?;. The zero-order chi connectivity index (χ0) is 9.40. The molecule has 0 aliphatic carbocycles. The van der Waals surface area contributed by atoms with Gasteiger partial charge >= 0.3 is 0 Å². The number of aromatic nitrogens is 2. The Morgan fingerprint density at radius 3 is 2.58 bits per heavy atom. The van der Waals surface area contributed by atoms with Crippen molar-refractivity contribution in [3.8, 4) is 0 Å². The fourth-order valence-electron chi connectivity index (χ4n) is 0.657. The number of aryl methyl sites for hydroxylation is 1. The minimum absolute atomic E-state index is 0.793. The highest BCUT2D eigenvalue weighted by Crippen LogP contribution is 1.95. The van der Waals surface area contributed by atoms with Crippen LogP contribution in [-0.2, 0) is 0 Å². The molecule has 0 unspecified atom stereocenters. The van der Waals surface area contributed by atoms with E-state index >= 15 is 0 Å². The van der Waals surface area contributed by atoms with Gasteiger partial charge in [-0.15, -0.1) is 0 Å². The van der Waals surface area contributed by atoms with Crippen molar-refractivity contribution in [3.05, 3.63) is 23.8 Å². The van der Waals surface area contributed by atoms with Crippen molar-refractivity contribution in [2.24, 2.45) is 0 Å².